The quantitative estimate of drug-likeness (QED) is 0.186. The van der Waals surface area contributed by atoms with Crippen molar-refractivity contribution in [2.24, 2.45) is 0 Å². The molecule has 0 N–H and O–H groups in total. The number of nitrogens with zero attached hydrogens (tertiary/aromatic N) is 4. The lowest BCUT2D eigenvalue weighted by Gasteiger charge is -2.35. The molecule has 0 saturated heterocycles. The largest absolute Gasteiger partial charge is 0.264 e. The highest BCUT2D eigenvalue weighted by molar-refractivity contribution is 6.00. The number of hydrogen-bond donors (Lipinski definition) is 0. The van der Waals surface area contributed by atoms with Gasteiger partial charge in [0.1, 0.15) is 0 Å². The standard InChI is InChI=1S/C47H30N4/c1-2-10-31(11-3-1)32-17-23-51-46(26-32)42-28-36(25-34-30-49-22-19-38(34)42)47(43-14-6-4-12-39(43)40-13-5-7-15-44(40)47)35-24-33-29-48-21-18-37(33)41(27-35)45-16-8-9-20-50-45/h1-30H. The smallest absolute Gasteiger partial charge is 0.0714 e. The van der Waals surface area contributed by atoms with E-state index in [1.54, 1.807) is 0 Å². The number of pyridine rings is 4. The van der Waals surface area contributed by atoms with Crippen LogP contribution in [0, 0.1) is 0 Å². The number of fused-ring (bicyclic) bond motifs is 5. The van der Waals surface area contributed by atoms with E-state index in [4.69, 9.17) is 9.97 Å². The summed E-state index contributed by atoms with van der Waals surface area (Å²) in [6.07, 6.45) is 11.5. The first-order chi connectivity index (χ1) is 25.3. The highest BCUT2D eigenvalue weighted by Crippen LogP contribution is 2.57. The van der Waals surface area contributed by atoms with Crippen molar-refractivity contribution in [2.45, 2.75) is 5.41 Å². The molecule has 0 atom stereocenters. The van der Waals surface area contributed by atoms with Crippen LogP contribution in [0.25, 0.3) is 66.3 Å². The van der Waals surface area contributed by atoms with Gasteiger partial charge in [-0.1, -0.05) is 84.9 Å². The zero-order chi connectivity index (χ0) is 33.8. The van der Waals surface area contributed by atoms with Crippen LogP contribution in [0.2, 0.25) is 0 Å². The van der Waals surface area contributed by atoms with E-state index in [1.165, 1.54) is 22.3 Å². The molecule has 4 heteroatoms. The maximum Gasteiger partial charge on any atom is 0.0714 e. The van der Waals surface area contributed by atoms with Gasteiger partial charge in [-0.05, 0) is 116 Å². The van der Waals surface area contributed by atoms with E-state index in [9.17, 15) is 0 Å². The second-order valence-corrected chi connectivity index (χ2v) is 13.1. The molecule has 0 radical (unpaired) electrons. The molecule has 0 unspecified atom stereocenters. The molecule has 0 bridgehead atoms. The summed E-state index contributed by atoms with van der Waals surface area (Å²) in [7, 11) is 0. The number of aromatic nitrogens is 4. The van der Waals surface area contributed by atoms with E-state index < -0.39 is 5.41 Å². The van der Waals surface area contributed by atoms with Crippen molar-refractivity contribution >= 4 is 21.5 Å². The fraction of sp³-hybridized carbons (Fsp3) is 0.0213. The summed E-state index contributed by atoms with van der Waals surface area (Å²) in [5.74, 6) is 0. The second-order valence-electron chi connectivity index (χ2n) is 13.1. The molecule has 0 amide bonds. The molecule has 51 heavy (non-hydrogen) atoms. The van der Waals surface area contributed by atoms with Crippen molar-refractivity contribution in [1.82, 2.24) is 19.9 Å². The minimum atomic E-state index is -0.670. The third-order valence-electron chi connectivity index (χ3n) is 10.4. The van der Waals surface area contributed by atoms with Gasteiger partial charge >= 0.3 is 0 Å². The highest BCUT2D eigenvalue weighted by Gasteiger charge is 2.46. The fourth-order valence-corrected chi connectivity index (χ4v) is 8.21. The Morgan fingerprint density at radius 2 is 0.941 bits per heavy atom. The van der Waals surface area contributed by atoms with Crippen LogP contribution in [-0.4, -0.2) is 19.9 Å². The molecule has 9 aromatic rings. The van der Waals surface area contributed by atoms with Crippen molar-refractivity contribution in [2.75, 3.05) is 0 Å². The minimum absolute atomic E-state index is 0.670. The molecule has 238 valence electrons. The predicted octanol–water partition coefficient (Wildman–Crippen LogP) is 10.9. The van der Waals surface area contributed by atoms with Gasteiger partial charge < -0.3 is 0 Å². The van der Waals surface area contributed by atoms with Crippen LogP contribution in [0.1, 0.15) is 22.3 Å². The molecule has 0 aliphatic heterocycles. The van der Waals surface area contributed by atoms with Crippen LogP contribution >= 0.6 is 0 Å². The lowest BCUT2D eigenvalue weighted by Crippen LogP contribution is -2.29. The van der Waals surface area contributed by atoms with E-state index >= 15 is 0 Å². The van der Waals surface area contributed by atoms with Gasteiger partial charge in [0.2, 0.25) is 0 Å². The van der Waals surface area contributed by atoms with Gasteiger partial charge in [0.25, 0.3) is 0 Å². The molecule has 0 saturated carbocycles. The van der Waals surface area contributed by atoms with E-state index in [-0.39, 0.29) is 0 Å². The first-order valence-corrected chi connectivity index (χ1v) is 17.2. The number of rotatable bonds is 5. The molecule has 4 heterocycles. The van der Waals surface area contributed by atoms with Crippen molar-refractivity contribution in [3.8, 4) is 44.8 Å². The Bertz CT molecular complexity index is 2710. The Morgan fingerprint density at radius 1 is 0.373 bits per heavy atom. The fourth-order valence-electron chi connectivity index (χ4n) is 8.21. The van der Waals surface area contributed by atoms with Crippen LogP contribution in [0.5, 0.6) is 0 Å². The molecular weight excluding hydrogens is 621 g/mol. The zero-order valence-corrected chi connectivity index (χ0v) is 27.6. The van der Waals surface area contributed by atoms with Crippen molar-refractivity contribution in [3.63, 3.8) is 0 Å². The van der Waals surface area contributed by atoms with E-state index in [1.807, 2.05) is 43.2 Å². The molecule has 0 fully saturated rings. The zero-order valence-electron chi connectivity index (χ0n) is 27.6. The van der Waals surface area contributed by atoms with E-state index in [2.05, 4.69) is 149 Å². The molecule has 5 aromatic carbocycles. The lowest BCUT2D eigenvalue weighted by molar-refractivity contribution is 0.771. The van der Waals surface area contributed by atoms with Gasteiger partial charge in [-0.15, -0.1) is 0 Å². The topological polar surface area (TPSA) is 51.6 Å². The first-order valence-electron chi connectivity index (χ1n) is 17.2. The van der Waals surface area contributed by atoms with Gasteiger partial charge in [-0.25, -0.2) is 0 Å². The highest BCUT2D eigenvalue weighted by atomic mass is 14.7. The molecule has 1 aliphatic rings. The van der Waals surface area contributed by atoms with Crippen molar-refractivity contribution in [3.05, 3.63) is 205 Å². The third kappa shape index (κ3) is 4.54. The maximum atomic E-state index is 4.99. The summed E-state index contributed by atoms with van der Waals surface area (Å²) in [4.78, 5) is 19.0. The minimum Gasteiger partial charge on any atom is -0.264 e. The van der Waals surface area contributed by atoms with Crippen molar-refractivity contribution in [1.29, 1.82) is 0 Å². The van der Waals surface area contributed by atoms with Crippen LogP contribution < -0.4 is 0 Å². The Morgan fingerprint density at radius 3 is 1.57 bits per heavy atom. The molecule has 4 nitrogen and oxygen atoms in total. The van der Waals surface area contributed by atoms with Crippen molar-refractivity contribution < 1.29 is 0 Å². The van der Waals surface area contributed by atoms with Crippen LogP contribution in [0.4, 0.5) is 0 Å². The summed E-state index contributed by atoms with van der Waals surface area (Å²) in [5, 5.41) is 4.35. The van der Waals surface area contributed by atoms with Gasteiger partial charge in [-0.3, -0.25) is 19.9 Å². The second kappa shape index (κ2) is 11.7. The number of benzene rings is 5. The average Bonchev–Trinajstić information content (AvgIpc) is 3.52. The van der Waals surface area contributed by atoms with E-state index in [0.29, 0.717) is 0 Å². The average molecular weight is 651 g/mol. The van der Waals surface area contributed by atoms with Gasteiger partial charge in [-0.2, -0.15) is 0 Å². The van der Waals surface area contributed by atoms with Crippen LogP contribution in [-0.2, 0) is 5.41 Å². The Hall–Kier alpha value is -6.78. The monoisotopic (exact) mass is 650 g/mol. The van der Waals surface area contributed by atoms with Gasteiger partial charge in [0.15, 0.2) is 0 Å². The summed E-state index contributed by atoms with van der Waals surface area (Å²) < 4.78 is 0. The van der Waals surface area contributed by atoms with Crippen LogP contribution in [0.3, 0.4) is 0 Å². The SMILES string of the molecule is c1ccc(-c2ccnc(-c3cc(C4(c5cc(-c6ccccn6)c6ccncc6c5)c5ccccc5-c5ccccc54)cc4cnccc34)c2)cc1. The number of hydrogen-bond acceptors (Lipinski definition) is 4. The molecule has 0 spiro atoms. The summed E-state index contributed by atoms with van der Waals surface area (Å²) in [6.45, 7) is 0. The molecule has 10 rings (SSSR count). The van der Waals surface area contributed by atoms with E-state index in [0.717, 1.165) is 66.3 Å². The third-order valence-corrected chi connectivity index (χ3v) is 10.4. The lowest BCUT2D eigenvalue weighted by atomic mass is 9.66. The van der Waals surface area contributed by atoms with Gasteiger partial charge in [0, 0.05) is 59.1 Å². The predicted molar refractivity (Wildman–Crippen MR) is 206 cm³/mol. The summed E-state index contributed by atoms with van der Waals surface area (Å²) >= 11 is 0. The summed E-state index contributed by atoms with van der Waals surface area (Å²) in [6, 6.07) is 52.2. The Labute approximate surface area is 295 Å². The van der Waals surface area contributed by atoms with Crippen LogP contribution in [0.15, 0.2) is 183 Å². The summed E-state index contributed by atoms with van der Waals surface area (Å²) in [5.41, 5.74) is 12.8. The maximum absolute atomic E-state index is 4.99. The Kier molecular flexibility index (Phi) is 6.68. The molecule has 1 aliphatic carbocycles. The Balaban J connectivity index is 1.33. The van der Waals surface area contributed by atoms with Gasteiger partial charge in [0.05, 0.1) is 16.8 Å². The normalized spacial score (nSPS) is 12.9. The molecular formula is C47H30N4. The first kappa shape index (κ1) is 29.2. The molecule has 4 aromatic heterocycles.